The summed E-state index contributed by atoms with van der Waals surface area (Å²) in [6.45, 7) is 3.94. The molecule has 2 heterocycles. The second-order valence-corrected chi connectivity index (χ2v) is 6.77. The minimum Gasteiger partial charge on any atom is -0.454 e. The molecule has 1 saturated heterocycles. The van der Waals surface area contributed by atoms with Gasteiger partial charge in [-0.1, -0.05) is 17.7 Å². The highest BCUT2D eigenvalue weighted by Crippen LogP contribution is 2.38. The molecule has 26 heavy (non-hydrogen) atoms. The van der Waals surface area contributed by atoms with Crippen LogP contribution in [0, 0.1) is 10.1 Å². The first-order chi connectivity index (χ1) is 12.6. The minimum absolute atomic E-state index is 0.0755. The van der Waals surface area contributed by atoms with Crippen molar-refractivity contribution in [3.05, 3.63) is 57.1 Å². The van der Waals surface area contributed by atoms with E-state index in [0.717, 1.165) is 36.9 Å². The zero-order chi connectivity index (χ0) is 18.1. The average molecular weight is 376 g/mol. The van der Waals surface area contributed by atoms with Gasteiger partial charge in [-0.05, 0) is 24.3 Å². The van der Waals surface area contributed by atoms with Crippen molar-refractivity contribution in [2.45, 2.75) is 6.54 Å². The second kappa shape index (κ2) is 7.01. The molecule has 0 aromatic heterocycles. The van der Waals surface area contributed by atoms with E-state index in [0.29, 0.717) is 23.6 Å². The van der Waals surface area contributed by atoms with Gasteiger partial charge in [0.15, 0.2) is 11.5 Å². The predicted molar refractivity (Wildman–Crippen MR) is 98.2 cm³/mol. The largest absolute Gasteiger partial charge is 0.454 e. The number of benzene rings is 2. The van der Waals surface area contributed by atoms with Crippen LogP contribution in [0.2, 0.25) is 5.02 Å². The Morgan fingerprint density at radius 1 is 1.08 bits per heavy atom. The molecule has 0 radical (unpaired) electrons. The van der Waals surface area contributed by atoms with Gasteiger partial charge in [0, 0.05) is 49.0 Å². The Balaban J connectivity index is 1.45. The van der Waals surface area contributed by atoms with E-state index < -0.39 is 0 Å². The van der Waals surface area contributed by atoms with Gasteiger partial charge in [0.25, 0.3) is 5.69 Å². The highest BCUT2D eigenvalue weighted by molar-refractivity contribution is 6.30. The molecule has 0 unspecified atom stereocenters. The number of rotatable bonds is 4. The van der Waals surface area contributed by atoms with Crippen molar-refractivity contribution in [2.75, 3.05) is 37.9 Å². The number of nitro groups is 1. The molecule has 2 aromatic carbocycles. The van der Waals surface area contributed by atoms with Crippen LogP contribution < -0.4 is 14.4 Å². The zero-order valence-corrected chi connectivity index (χ0v) is 14.8. The molecule has 2 aromatic rings. The van der Waals surface area contributed by atoms with Crippen molar-refractivity contribution in [3.63, 3.8) is 0 Å². The van der Waals surface area contributed by atoms with Crippen LogP contribution in [0.25, 0.3) is 0 Å². The maximum absolute atomic E-state index is 11.4. The van der Waals surface area contributed by atoms with Crippen LogP contribution in [0.4, 0.5) is 11.4 Å². The van der Waals surface area contributed by atoms with Crippen molar-refractivity contribution >= 4 is 23.0 Å². The molecule has 4 rings (SSSR count). The van der Waals surface area contributed by atoms with E-state index in [9.17, 15) is 10.1 Å². The first kappa shape index (κ1) is 16.9. The monoisotopic (exact) mass is 375 g/mol. The van der Waals surface area contributed by atoms with Crippen molar-refractivity contribution < 1.29 is 14.4 Å². The summed E-state index contributed by atoms with van der Waals surface area (Å²) in [5, 5.41) is 12.1. The van der Waals surface area contributed by atoms with Crippen LogP contribution in [0.15, 0.2) is 36.4 Å². The fourth-order valence-corrected chi connectivity index (χ4v) is 3.53. The van der Waals surface area contributed by atoms with Crippen molar-refractivity contribution in [1.29, 1.82) is 0 Å². The van der Waals surface area contributed by atoms with Gasteiger partial charge in [-0.15, -0.1) is 0 Å². The molecule has 0 aliphatic carbocycles. The number of hydrogen-bond donors (Lipinski definition) is 0. The predicted octanol–water partition coefficient (Wildman–Crippen LogP) is 3.30. The lowest BCUT2D eigenvalue weighted by Crippen LogP contribution is -2.46. The number of ether oxygens (including phenoxy) is 2. The van der Waals surface area contributed by atoms with Gasteiger partial charge in [-0.3, -0.25) is 15.0 Å². The zero-order valence-electron chi connectivity index (χ0n) is 14.1. The van der Waals surface area contributed by atoms with Crippen LogP contribution in [0.5, 0.6) is 11.5 Å². The van der Waals surface area contributed by atoms with E-state index in [1.54, 1.807) is 6.07 Å². The molecule has 2 aliphatic rings. The topological polar surface area (TPSA) is 68.1 Å². The highest BCUT2D eigenvalue weighted by atomic mass is 35.5. The summed E-state index contributed by atoms with van der Waals surface area (Å²) < 4.78 is 10.6. The van der Waals surface area contributed by atoms with Crippen LogP contribution in [-0.4, -0.2) is 42.8 Å². The van der Waals surface area contributed by atoms with Crippen LogP contribution >= 0.6 is 11.6 Å². The molecule has 0 atom stereocenters. The smallest absolute Gasteiger partial charge is 0.277 e. The third-order valence-corrected chi connectivity index (χ3v) is 4.95. The third-order valence-electron chi connectivity index (χ3n) is 4.71. The first-order valence-corrected chi connectivity index (χ1v) is 8.78. The number of anilines is 1. The number of fused-ring (bicyclic) bond motifs is 1. The molecule has 0 spiro atoms. The summed E-state index contributed by atoms with van der Waals surface area (Å²) in [5.41, 5.74) is 1.83. The van der Waals surface area contributed by atoms with Gasteiger partial charge in [0.2, 0.25) is 6.79 Å². The molecule has 0 amide bonds. The third kappa shape index (κ3) is 3.40. The van der Waals surface area contributed by atoms with Crippen molar-refractivity contribution in [1.82, 2.24) is 4.90 Å². The number of nitro benzene ring substituents is 1. The Bertz CT molecular complexity index is 837. The Hall–Kier alpha value is -2.51. The standard InChI is InChI=1S/C18H18ClN3O4/c19-14-2-1-3-15(9-14)21-6-4-20(5-7-21)11-13-8-17-18(26-12-25-17)10-16(13)22(23)24/h1-3,8-10H,4-7,11-12H2. The fraction of sp³-hybridized carbons (Fsp3) is 0.333. The normalized spacial score (nSPS) is 16.7. The van der Waals surface area contributed by atoms with E-state index in [4.69, 9.17) is 21.1 Å². The van der Waals surface area contributed by atoms with Crippen molar-refractivity contribution in [2.24, 2.45) is 0 Å². The summed E-state index contributed by atoms with van der Waals surface area (Å²) in [6.07, 6.45) is 0. The molecule has 7 nitrogen and oxygen atoms in total. The molecule has 136 valence electrons. The van der Waals surface area contributed by atoms with Crippen LogP contribution in [-0.2, 0) is 6.54 Å². The average Bonchev–Trinajstić information content (AvgIpc) is 3.09. The van der Waals surface area contributed by atoms with Crippen LogP contribution in [0.3, 0.4) is 0 Å². The quantitative estimate of drug-likeness (QED) is 0.603. The van der Waals surface area contributed by atoms with E-state index in [-0.39, 0.29) is 17.4 Å². The maximum Gasteiger partial charge on any atom is 0.277 e. The molecule has 0 bridgehead atoms. The highest BCUT2D eigenvalue weighted by Gasteiger charge is 2.26. The van der Waals surface area contributed by atoms with Gasteiger partial charge in [0.05, 0.1) is 11.0 Å². The Morgan fingerprint density at radius 2 is 1.81 bits per heavy atom. The molecule has 0 N–H and O–H groups in total. The van der Waals surface area contributed by atoms with Crippen LogP contribution in [0.1, 0.15) is 5.56 Å². The number of halogens is 1. The number of piperazine rings is 1. The van der Waals surface area contributed by atoms with Crippen molar-refractivity contribution in [3.8, 4) is 11.5 Å². The second-order valence-electron chi connectivity index (χ2n) is 6.33. The molecular formula is C18H18ClN3O4. The van der Waals surface area contributed by atoms with Gasteiger partial charge in [-0.25, -0.2) is 0 Å². The summed E-state index contributed by atoms with van der Waals surface area (Å²) >= 11 is 6.07. The fourth-order valence-electron chi connectivity index (χ4n) is 3.35. The molecule has 2 aliphatic heterocycles. The summed E-state index contributed by atoms with van der Waals surface area (Å²) in [4.78, 5) is 15.5. The van der Waals surface area contributed by atoms with E-state index >= 15 is 0 Å². The Morgan fingerprint density at radius 3 is 2.50 bits per heavy atom. The van der Waals surface area contributed by atoms with Gasteiger partial charge < -0.3 is 14.4 Å². The summed E-state index contributed by atoms with van der Waals surface area (Å²) in [5.74, 6) is 1.01. The molecule has 0 saturated carbocycles. The lowest BCUT2D eigenvalue weighted by Gasteiger charge is -2.36. The van der Waals surface area contributed by atoms with Gasteiger partial charge in [0.1, 0.15) is 0 Å². The summed E-state index contributed by atoms with van der Waals surface area (Å²) in [6, 6.07) is 11.0. The number of nitrogens with zero attached hydrogens (tertiary/aromatic N) is 3. The Labute approximate surface area is 155 Å². The molecule has 1 fully saturated rings. The SMILES string of the molecule is O=[N+]([O-])c1cc2c(cc1CN1CCN(c3cccc(Cl)c3)CC1)OCO2. The molecule has 8 heteroatoms. The first-order valence-electron chi connectivity index (χ1n) is 8.40. The summed E-state index contributed by atoms with van der Waals surface area (Å²) in [7, 11) is 0. The van der Waals surface area contributed by atoms with Gasteiger partial charge in [-0.2, -0.15) is 0 Å². The lowest BCUT2D eigenvalue weighted by molar-refractivity contribution is -0.385. The van der Waals surface area contributed by atoms with E-state index in [1.807, 2.05) is 24.3 Å². The van der Waals surface area contributed by atoms with E-state index in [2.05, 4.69) is 9.80 Å². The minimum atomic E-state index is -0.362. The van der Waals surface area contributed by atoms with E-state index in [1.165, 1.54) is 6.07 Å². The Kier molecular flexibility index (Phi) is 4.57. The van der Waals surface area contributed by atoms with Gasteiger partial charge >= 0.3 is 0 Å². The lowest BCUT2D eigenvalue weighted by atomic mass is 10.1. The molecular weight excluding hydrogens is 358 g/mol. The maximum atomic E-state index is 11.4. The number of hydrogen-bond acceptors (Lipinski definition) is 6.